The molecule has 0 atom stereocenters. The van der Waals surface area contributed by atoms with Crippen LogP contribution >= 0.6 is 0 Å². The van der Waals surface area contributed by atoms with Crippen LogP contribution in [-0.2, 0) is 11.3 Å². The van der Waals surface area contributed by atoms with E-state index in [0.29, 0.717) is 0 Å². The SMILES string of the molecule is CNc1cc(F)ccc1CN1CCOCC1. The molecule has 1 saturated heterocycles. The van der Waals surface area contributed by atoms with Gasteiger partial charge in [0.1, 0.15) is 5.82 Å². The fourth-order valence-electron chi connectivity index (χ4n) is 1.92. The minimum atomic E-state index is -0.199. The average Bonchev–Trinajstić information content (AvgIpc) is 2.33. The Hall–Kier alpha value is -1.13. The van der Waals surface area contributed by atoms with E-state index in [9.17, 15) is 4.39 Å². The van der Waals surface area contributed by atoms with Crippen molar-refractivity contribution in [3.8, 4) is 0 Å². The first kappa shape index (κ1) is 11.4. The fourth-order valence-corrected chi connectivity index (χ4v) is 1.92. The van der Waals surface area contributed by atoms with E-state index in [1.54, 1.807) is 0 Å². The van der Waals surface area contributed by atoms with E-state index in [2.05, 4.69) is 10.2 Å². The van der Waals surface area contributed by atoms with Crippen molar-refractivity contribution in [2.45, 2.75) is 6.54 Å². The summed E-state index contributed by atoms with van der Waals surface area (Å²) in [7, 11) is 1.82. The number of benzene rings is 1. The van der Waals surface area contributed by atoms with Crippen LogP contribution in [0.3, 0.4) is 0 Å². The van der Waals surface area contributed by atoms with Gasteiger partial charge >= 0.3 is 0 Å². The highest BCUT2D eigenvalue weighted by molar-refractivity contribution is 5.50. The van der Waals surface area contributed by atoms with Gasteiger partial charge in [0, 0.05) is 32.4 Å². The van der Waals surface area contributed by atoms with E-state index < -0.39 is 0 Å². The first-order chi connectivity index (χ1) is 7.79. The Bertz CT molecular complexity index is 351. The number of hydrogen-bond donors (Lipinski definition) is 1. The highest BCUT2D eigenvalue weighted by atomic mass is 19.1. The van der Waals surface area contributed by atoms with E-state index in [1.165, 1.54) is 12.1 Å². The summed E-state index contributed by atoms with van der Waals surface area (Å²) < 4.78 is 18.3. The standard InChI is InChI=1S/C12H17FN2O/c1-14-12-8-11(13)3-2-10(12)9-15-4-6-16-7-5-15/h2-3,8,14H,4-7,9H2,1H3. The van der Waals surface area contributed by atoms with Gasteiger partial charge in [0.25, 0.3) is 0 Å². The zero-order chi connectivity index (χ0) is 11.4. The topological polar surface area (TPSA) is 24.5 Å². The normalized spacial score (nSPS) is 17.4. The lowest BCUT2D eigenvalue weighted by atomic mass is 10.1. The van der Waals surface area contributed by atoms with E-state index in [-0.39, 0.29) is 5.82 Å². The maximum absolute atomic E-state index is 13.0. The minimum Gasteiger partial charge on any atom is -0.388 e. The molecular formula is C12H17FN2O. The third-order valence-electron chi connectivity index (χ3n) is 2.84. The molecule has 0 aromatic heterocycles. The van der Waals surface area contributed by atoms with Crippen LogP contribution in [0.2, 0.25) is 0 Å². The molecule has 0 saturated carbocycles. The van der Waals surface area contributed by atoms with Crippen molar-refractivity contribution < 1.29 is 9.13 Å². The molecule has 0 amide bonds. The quantitative estimate of drug-likeness (QED) is 0.845. The van der Waals surface area contributed by atoms with Crippen LogP contribution in [0.25, 0.3) is 0 Å². The molecule has 0 unspecified atom stereocenters. The average molecular weight is 224 g/mol. The van der Waals surface area contributed by atoms with Crippen LogP contribution < -0.4 is 5.32 Å². The van der Waals surface area contributed by atoms with Gasteiger partial charge in [-0.3, -0.25) is 4.90 Å². The molecule has 4 heteroatoms. The highest BCUT2D eigenvalue weighted by Gasteiger charge is 2.12. The number of nitrogens with zero attached hydrogens (tertiary/aromatic N) is 1. The third kappa shape index (κ3) is 2.71. The molecular weight excluding hydrogens is 207 g/mol. The molecule has 3 nitrogen and oxygen atoms in total. The summed E-state index contributed by atoms with van der Waals surface area (Å²) in [6, 6.07) is 4.89. The Balaban J connectivity index is 2.07. The maximum atomic E-state index is 13.0. The van der Waals surface area contributed by atoms with Gasteiger partial charge < -0.3 is 10.1 Å². The molecule has 1 fully saturated rings. The lowest BCUT2D eigenvalue weighted by Gasteiger charge is -2.27. The molecule has 2 rings (SSSR count). The molecule has 1 N–H and O–H groups in total. The van der Waals surface area contributed by atoms with Gasteiger partial charge in [-0.15, -0.1) is 0 Å². The zero-order valence-electron chi connectivity index (χ0n) is 9.50. The first-order valence-corrected chi connectivity index (χ1v) is 5.56. The van der Waals surface area contributed by atoms with Crippen LogP contribution in [0.4, 0.5) is 10.1 Å². The molecule has 16 heavy (non-hydrogen) atoms. The molecule has 0 bridgehead atoms. The van der Waals surface area contributed by atoms with Gasteiger partial charge in [0.05, 0.1) is 13.2 Å². The molecule has 1 aromatic carbocycles. The lowest BCUT2D eigenvalue weighted by molar-refractivity contribution is 0.0342. The second-order valence-electron chi connectivity index (χ2n) is 3.94. The minimum absolute atomic E-state index is 0.199. The maximum Gasteiger partial charge on any atom is 0.125 e. The summed E-state index contributed by atoms with van der Waals surface area (Å²) in [5.41, 5.74) is 2.00. The Kier molecular flexibility index (Phi) is 3.74. The van der Waals surface area contributed by atoms with Crippen molar-refractivity contribution in [3.63, 3.8) is 0 Å². The highest BCUT2D eigenvalue weighted by Crippen LogP contribution is 2.19. The molecule has 88 valence electrons. The van der Waals surface area contributed by atoms with Gasteiger partial charge in [-0.25, -0.2) is 4.39 Å². The van der Waals surface area contributed by atoms with Crippen LogP contribution in [-0.4, -0.2) is 38.3 Å². The van der Waals surface area contributed by atoms with Crippen LogP contribution in [0.15, 0.2) is 18.2 Å². The molecule has 0 aliphatic carbocycles. The van der Waals surface area contributed by atoms with E-state index in [1.807, 2.05) is 13.1 Å². The molecule has 1 aliphatic rings. The molecule has 1 aromatic rings. The largest absolute Gasteiger partial charge is 0.388 e. The number of rotatable bonds is 3. The van der Waals surface area contributed by atoms with Gasteiger partial charge in [-0.1, -0.05) is 6.07 Å². The van der Waals surface area contributed by atoms with Crippen molar-refractivity contribution in [2.24, 2.45) is 0 Å². The summed E-state index contributed by atoms with van der Waals surface area (Å²) in [4.78, 5) is 2.32. The molecule has 1 aliphatic heterocycles. The fraction of sp³-hybridized carbons (Fsp3) is 0.500. The molecule has 0 radical (unpaired) electrons. The smallest absolute Gasteiger partial charge is 0.125 e. The predicted molar refractivity (Wildman–Crippen MR) is 62.0 cm³/mol. The number of morpholine rings is 1. The van der Waals surface area contributed by atoms with Crippen LogP contribution in [0.5, 0.6) is 0 Å². The number of ether oxygens (including phenoxy) is 1. The van der Waals surface area contributed by atoms with Crippen molar-refractivity contribution >= 4 is 5.69 Å². The summed E-state index contributed by atoms with van der Waals surface area (Å²) in [6.07, 6.45) is 0. The Morgan fingerprint density at radius 1 is 1.38 bits per heavy atom. The van der Waals surface area contributed by atoms with Gasteiger partial charge in [-0.2, -0.15) is 0 Å². The molecule has 1 heterocycles. The van der Waals surface area contributed by atoms with Crippen LogP contribution in [0.1, 0.15) is 5.56 Å². The summed E-state index contributed by atoms with van der Waals surface area (Å²) in [6.45, 7) is 4.31. The van der Waals surface area contributed by atoms with Crippen molar-refractivity contribution in [1.82, 2.24) is 4.90 Å². The first-order valence-electron chi connectivity index (χ1n) is 5.56. The van der Waals surface area contributed by atoms with Gasteiger partial charge in [0.15, 0.2) is 0 Å². The van der Waals surface area contributed by atoms with E-state index in [4.69, 9.17) is 4.74 Å². The zero-order valence-corrected chi connectivity index (χ0v) is 9.50. The van der Waals surface area contributed by atoms with Crippen molar-refractivity contribution in [1.29, 1.82) is 0 Å². The number of nitrogens with one attached hydrogen (secondary N) is 1. The van der Waals surface area contributed by atoms with E-state index in [0.717, 1.165) is 44.1 Å². The van der Waals surface area contributed by atoms with Gasteiger partial charge in [-0.05, 0) is 17.7 Å². The predicted octanol–water partition coefficient (Wildman–Crippen LogP) is 1.70. The Morgan fingerprint density at radius 3 is 2.81 bits per heavy atom. The van der Waals surface area contributed by atoms with Crippen molar-refractivity contribution in [3.05, 3.63) is 29.6 Å². The third-order valence-corrected chi connectivity index (χ3v) is 2.84. The number of anilines is 1. The summed E-state index contributed by atoms with van der Waals surface area (Å²) >= 11 is 0. The second kappa shape index (κ2) is 5.27. The molecule has 0 spiro atoms. The van der Waals surface area contributed by atoms with E-state index >= 15 is 0 Å². The van der Waals surface area contributed by atoms with Crippen LogP contribution in [0, 0.1) is 5.82 Å². The number of halogens is 1. The Morgan fingerprint density at radius 2 is 2.12 bits per heavy atom. The van der Waals surface area contributed by atoms with Gasteiger partial charge in [0.2, 0.25) is 0 Å². The number of hydrogen-bond acceptors (Lipinski definition) is 3. The summed E-state index contributed by atoms with van der Waals surface area (Å²) in [5, 5.41) is 3.03. The monoisotopic (exact) mass is 224 g/mol. The second-order valence-corrected chi connectivity index (χ2v) is 3.94. The lowest BCUT2D eigenvalue weighted by Crippen LogP contribution is -2.35. The summed E-state index contributed by atoms with van der Waals surface area (Å²) in [5.74, 6) is -0.199. The van der Waals surface area contributed by atoms with Crippen molar-refractivity contribution in [2.75, 3.05) is 38.7 Å². The Labute approximate surface area is 95.2 Å².